The van der Waals surface area contributed by atoms with Gasteiger partial charge in [-0.15, -0.1) is 0 Å². The van der Waals surface area contributed by atoms with Crippen LogP contribution in [0.4, 0.5) is 17.1 Å². The van der Waals surface area contributed by atoms with Crippen LogP contribution in [-0.2, 0) is 14.8 Å². The summed E-state index contributed by atoms with van der Waals surface area (Å²) in [4.78, 5) is 27.7. The predicted molar refractivity (Wildman–Crippen MR) is 125 cm³/mol. The van der Waals surface area contributed by atoms with Crippen LogP contribution in [-0.4, -0.2) is 68.8 Å². The molecule has 9 nitrogen and oxygen atoms in total. The molecule has 0 radical (unpaired) electrons. The van der Waals surface area contributed by atoms with E-state index in [0.29, 0.717) is 31.9 Å². The maximum absolute atomic E-state index is 12.4. The fraction of sp³-hybridized carbons (Fsp3) is 0.364. The third-order valence-corrected chi connectivity index (χ3v) is 6.60. The van der Waals surface area contributed by atoms with Gasteiger partial charge in [0, 0.05) is 31.9 Å². The van der Waals surface area contributed by atoms with Gasteiger partial charge in [-0.1, -0.05) is 17.7 Å². The number of hydrogen-bond donors (Lipinski definition) is 3. The molecule has 32 heavy (non-hydrogen) atoms. The number of sulfonamides is 1. The van der Waals surface area contributed by atoms with Gasteiger partial charge in [0.15, 0.2) is 0 Å². The van der Waals surface area contributed by atoms with E-state index in [-0.39, 0.29) is 29.5 Å². The number of hydrogen-bond acceptors (Lipinski definition) is 6. The molecule has 2 aromatic carbocycles. The molecule has 172 valence electrons. The minimum atomic E-state index is -3.57. The Kier molecular flexibility index (Phi) is 7.37. The number of nitrogens with one attached hydrogen (secondary N) is 2. The maximum atomic E-state index is 12.4. The van der Waals surface area contributed by atoms with Crippen molar-refractivity contribution in [2.75, 3.05) is 53.4 Å². The van der Waals surface area contributed by atoms with Gasteiger partial charge in [-0.25, -0.2) is 13.2 Å². The van der Waals surface area contributed by atoms with Gasteiger partial charge in [0.1, 0.15) is 0 Å². The van der Waals surface area contributed by atoms with Crippen molar-refractivity contribution in [1.29, 1.82) is 0 Å². The van der Waals surface area contributed by atoms with Gasteiger partial charge in [0.05, 0.1) is 29.2 Å². The molecule has 0 saturated carbocycles. The molecular weight excluding hydrogens is 432 g/mol. The molecule has 0 bridgehead atoms. The molecule has 1 aliphatic heterocycles. The molecular formula is C22H28N4O5S. The van der Waals surface area contributed by atoms with Crippen LogP contribution in [0.15, 0.2) is 42.5 Å². The van der Waals surface area contributed by atoms with Gasteiger partial charge in [-0.05, 0) is 44.2 Å². The molecule has 1 aliphatic rings. The molecule has 1 heterocycles. The summed E-state index contributed by atoms with van der Waals surface area (Å²) in [6.07, 6.45) is 0. The standard InChI is InChI=1S/C22H28N4O5S/c1-3-32(30,31)24-19-14-17(22(28)29)6-9-20(19)26-12-10-25(11-13-26)15-21(27)23-18-7-4-16(2)5-8-18/h4-9,14,24H,3,10-13,15H2,1-2H3,(H,23,27)(H,28,29). The summed E-state index contributed by atoms with van der Waals surface area (Å²) in [5.74, 6) is -1.34. The van der Waals surface area contributed by atoms with Crippen LogP contribution in [0, 0.1) is 6.92 Å². The average Bonchev–Trinajstić information content (AvgIpc) is 2.75. The summed E-state index contributed by atoms with van der Waals surface area (Å²) in [7, 11) is -3.57. The number of aromatic carboxylic acids is 1. The zero-order valence-electron chi connectivity index (χ0n) is 18.2. The third kappa shape index (κ3) is 6.21. The molecule has 0 atom stereocenters. The lowest BCUT2D eigenvalue weighted by atomic mass is 10.1. The Labute approximate surface area is 188 Å². The number of nitrogens with zero attached hydrogens (tertiary/aromatic N) is 2. The Morgan fingerprint density at radius 3 is 2.28 bits per heavy atom. The molecule has 3 rings (SSSR count). The van der Waals surface area contributed by atoms with Crippen LogP contribution in [0.1, 0.15) is 22.8 Å². The summed E-state index contributed by atoms with van der Waals surface area (Å²) in [5, 5.41) is 12.2. The maximum Gasteiger partial charge on any atom is 0.335 e. The van der Waals surface area contributed by atoms with Crippen LogP contribution in [0.5, 0.6) is 0 Å². The summed E-state index contributed by atoms with van der Waals surface area (Å²) < 4.78 is 26.7. The lowest BCUT2D eigenvalue weighted by molar-refractivity contribution is -0.117. The Morgan fingerprint density at radius 1 is 1.03 bits per heavy atom. The van der Waals surface area contributed by atoms with Gasteiger partial charge >= 0.3 is 5.97 Å². The predicted octanol–water partition coefficient (Wildman–Crippen LogP) is 2.22. The van der Waals surface area contributed by atoms with Crippen molar-refractivity contribution in [3.63, 3.8) is 0 Å². The normalized spacial score (nSPS) is 14.8. The van der Waals surface area contributed by atoms with E-state index in [1.807, 2.05) is 41.0 Å². The van der Waals surface area contributed by atoms with Crippen molar-refractivity contribution in [2.24, 2.45) is 0 Å². The van der Waals surface area contributed by atoms with Gasteiger partial charge in [0.25, 0.3) is 0 Å². The highest BCUT2D eigenvalue weighted by molar-refractivity contribution is 7.92. The van der Waals surface area contributed by atoms with E-state index < -0.39 is 16.0 Å². The second-order valence-corrected chi connectivity index (χ2v) is 9.73. The number of amides is 1. The van der Waals surface area contributed by atoms with E-state index in [1.165, 1.54) is 19.1 Å². The first-order valence-electron chi connectivity index (χ1n) is 10.4. The first-order chi connectivity index (χ1) is 15.2. The van der Waals surface area contributed by atoms with E-state index in [1.54, 1.807) is 6.07 Å². The molecule has 1 amide bonds. The highest BCUT2D eigenvalue weighted by Crippen LogP contribution is 2.29. The number of carboxylic acid groups (broad SMARTS) is 1. The molecule has 2 aromatic rings. The number of carbonyl (C=O) groups is 2. The van der Waals surface area contributed by atoms with Crippen LogP contribution in [0.3, 0.4) is 0 Å². The third-order valence-electron chi connectivity index (χ3n) is 5.30. The molecule has 3 N–H and O–H groups in total. The zero-order chi connectivity index (χ0) is 23.3. The number of carboxylic acids is 1. The first-order valence-corrected chi connectivity index (χ1v) is 12.0. The highest BCUT2D eigenvalue weighted by Gasteiger charge is 2.23. The second kappa shape index (κ2) is 10.0. The molecule has 0 aliphatic carbocycles. The van der Waals surface area contributed by atoms with E-state index in [2.05, 4.69) is 10.0 Å². The number of aryl methyl sites for hydroxylation is 1. The molecule has 0 aromatic heterocycles. The molecule has 0 unspecified atom stereocenters. The molecule has 10 heteroatoms. The number of rotatable bonds is 8. The largest absolute Gasteiger partial charge is 0.478 e. The lowest BCUT2D eigenvalue weighted by Crippen LogP contribution is -2.48. The number of anilines is 3. The van der Waals surface area contributed by atoms with Crippen molar-refractivity contribution < 1.29 is 23.1 Å². The van der Waals surface area contributed by atoms with Gasteiger partial charge < -0.3 is 15.3 Å². The zero-order valence-corrected chi connectivity index (χ0v) is 19.0. The van der Waals surface area contributed by atoms with E-state index in [4.69, 9.17) is 0 Å². The highest BCUT2D eigenvalue weighted by atomic mass is 32.2. The quantitative estimate of drug-likeness (QED) is 0.553. The summed E-state index contributed by atoms with van der Waals surface area (Å²) >= 11 is 0. The number of benzene rings is 2. The van der Waals surface area contributed by atoms with Crippen molar-refractivity contribution in [1.82, 2.24) is 4.90 Å². The average molecular weight is 461 g/mol. The summed E-state index contributed by atoms with van der Waals surface area (Å²) in [6, 6.07) is 12.0. The van der Waals surface area contributed by atoms with Crippen LogP contribution >= 0.6 is 0 Å². The van der Waals surface area contributed by atoms with Crippen molar-refractivity contribution in [3.05, 3.63) is 53.6 Å². The topological polar surface area (TPSA) is 119 Å². The Bertz CT molecular complexity index is 1080. The van der Waals surface area contributed by atoms with E-state index in [0.717, 1.165) is 11.3 Å². The minimum Gasteiger partial charge on any atom is -0.478 e. The SMILES string of the molecule is CCS(=O)(=O)Nc1cc(C(=O)O)ccc1N1CCN(CC(=O)Nc2ccc(C)cc2)CC1. The van der Waals surface area contributed by atoms with Crippen LogP contribution in [0.2, 0.25) is 0 Å². The monoisotopic (exact) mass is 460 g/mol. The molecule has 0 spiro atoms. The number of carbonyl (C=O) groups excluding carboxylic acids is 1. The molecule has 1 saturated heterocycles. The second-order valence-electron chi connectivity index (χ2n) is 7.72. The first kappa shape index (κ1) is 23.6. The van der Waals surface area contributed by atoms with Crippen molar-refractivity contribution >= 4 is 39.0 Å². The van der Waals surface area contributed by atoms with Gasteiger partial charge in [-0.2, -0.15) is 0 Å². The van der Waals surface area contributed by atoms with Crippen molar-refractivity contribution in [2.45, 2.75) is 13.8 Å². The van der Waals surface area contributed by atoms with Crippen LogP contribution in [0.25, 0.3) is 0 Å². The van der Waals surface area contributed by atoms with E-state index >= 15 is 0 Å². The minimum absolute atomic E-state index is 0.00830. The van der Waals surface area contributed by atoms with Gasteiger partial charge in [0.2, 0.25) is 15.9 Å². The smallest absolute Gasteiger partial charge is 0.335 e. The summed E-state index contributed by atoms with van der Waals surface area (Å²) in [5.41, 5.74) is 2.75. The van der Waals surface area contributed by atoms with Crippen molar-refractivity contribution in [3.8, 4) is 0 Å². The Balaban J connectivity index is 1.64. The summed E-state index contributed by atoms with van der Waals surface area (Å²) in [6.45, 7) is 6.14. The molecule has 1 fully saturated rings. The van der Waals surface area contributed by atoms with Gasteiger partial charge in [-0.3, -0.25) is 14.4 Å². The van der Waals surface area contributed by atoms with Crippen LogP contribution < -0.4 is 14.9 Å². The fourth-order valence-electron chi connectivity index (χ4n) is 3.45. The fourth-order valence-corrected chi connectivity index (χ4v) is 4.10. The Hall–Kier alpha value is -3.11. The van der Waals surface area contributed by atoms with E-state index in [9.17, 15) is 23.1 Å². The number of piperazine rings is 1. The Morgan fingerprint density at radius 2 is 1.69 bits per heavy atom. The lowest BCUT2D eigenvalue weighted by Gasteiger charge is -2.36.